The maximum Gasteiger partial charge on any atom is 0.330 e. The summed E-state index contributed by atoms with van der Waals surface area (Å²) in [5.74, 6) is -0.399. The number of aryl methyl sites for hydroxylation is 2. The minimum absolute atomic E-state index is 0.126. The average Bonchev–Trinajstić information content (AvgIpc) is 3.70. The monoisotopic (exact) mass is 972 g/mol. The van der Waals surface area contributed by atoms with Crippen LogP contribution in [0.1, 0.15) is 91.8 Å². The van der Waals surface area contributed by atoms with E-state index in [1.165, 1.54) is 35.4 Å². The van der Waals surface area contributed by atoms with Gasteiger partial charge in [-0.15, -0.1) is 0 Å². The maximum absolute atomic E-state index is 12.7. The normalized spacial score (nSPS) is 24.8. The number of nitrogens with zero attached hydrogens (tertiary/aromatic N) is 2. The van der Waals surface area contributed by atoms with Crippen molar-refractivity contribution in [3.63, 3.8) is 0 Å². The number of hydrogen-bond donors (Lipinski definition) is 4. The molecule has 0 bridgehead atoms. The number of nitrogens with one attached hydrogen (secondary N) is 2. The van der Waals surface area contributed by atoms with Crippen LogP contribution in [-0.2, 0) is 46.9 Å². The van der Waals surface area contributed by atoms with Crippen LogP contribution in [0.3, 0.4) is 0 Å². The quantitative estimate of drug-likeness (QED) is 0.110. The molecule has 20 nitrogen and oxygen atoms in total. The lowest BCUT2D eigenvalue weighted by molar-refractivity contribution is -0.125. The van der Waals surface area contributed by atoms with E-state index in [1.54, 1.807) is 28.1 Å². The van der Waals surface area contributed by atoms with Gasteiger partial charge in [-0.05, 0) is 64.0 Å². The molecule has 2 fully saturated rings. The van der Waals surface area contributed by atoms with E-state index in [0.717, 1.165) is 0 Å². The number of H-pyrrole nitrogens is 2. The highest BCUT2D eigenvalue weighted by atomic mass is 28.4. The first-order valence-electron chi connectivity index (χ1n) is 22.3. The summed E-state index contributed by atoms with van der Waals surface area (Å²) in [5.41, 5.74) is -1.67. The van der Waals surface area contributed by atoms with Gasteiger partial charge in [-0.3, -0.25) is 38.3 Å². The Morgan fingerprint density at radius 2 is 0.955 bits per heavy atom. The third kappa shape index (κ3) is 14.4. The molecule has 2 aromatic heterocycles. The molecule has 376 valence electrons. The molecule has 0 radical (unpaired) electrons. The van der Waals surface area contributed by atoms with Crippen molar-refractivity contribution < 1.29 is 57.1 Å². The Bertz CT molecular complexity index is 2020. The largest absolute Gasteiger partial charge is 0.408 e. The van der Waals surface area contributed by atoms with Gasteiger partial charge in [-0.1, -0.05) is 41.5 Å². The van der Waals surface area contributed by atoms with Crippen molar-refractivity contribution in [2.24, 2.45) is 0 Å². The predicted molar refractivity (Wildman–Crippen MR) is 250 cm³/mol. The van der Waals surface area contributed by atoms with Gasteiger partial charge in [-0.2, -0.15) is 0 Å². The van der Waals surface area contributed by atoms with Gasteiger partial charge in [0.1, 0.15) is 48.2 Å². The number of carbonyl (C=O) groups excluding carboxylic acids is 2. The van der Waals surface area contributed by atoms with Crippen LogP contribution in [0.15, 0.2) is 31.6 Å². The number of Topliss-reactive ketones (excluding diaryl/α,β-unsaturated/α-hetero) is 2. The molecule has 4 rings (SSSR count). The fourth-order valence-corrected chi connectivity index (χ4v) is 9.56. The highest BCUT2D eigenvalue weighted by Gasteiger charge is 2.55. The zero-order valence-electron chi connectivity index (χ0n) is 41.7. The number of hydrogen-bond acceptors (Lipinski definition) is 16. The predicted octanol–water partition coefficient (Wildman–Crippen LogP) is 3.01. The van der Waals surface area contributed by atoms with E-state index in [4.69, 9.17) is 37.3 Å². The van der Waals surface area contributed by atoms with Gasteiger partial charge >= 0.3 is 11.4 Å². The smallest absolute Gasteiger partial charge is 0.330 e. The number of rotatable bonds is 20. The SMILES string of the molecule is COCCO[C@H]1C(O[Si](C)(C)C(C)(C)C)[C@@H]([C@@H](O)CC(C)=O)O[C@H]1n1cc(C)c(=O)[nH]c1=O.COCCO[C@H]1C(O[Si](C)(C)C(C)(C)C)[C@@H]([C@H](O)CC(C)=O)O[C@H]1n1cc(C)c(=O)[nH]c1=O. The van der Waals surface area contributed by atoms with Gasteiger partial charge < -0.3 is 47.5 Å². The molecule has 2 aliphatic rings. The first-order chi connectivity index (χ1) is 30.4. The topological polar surface area (TPSA) is 258 Å². The van der Waals surface area contributed by atoms with Crippen molar-refractivity contribution >= 4 is 28.2 Å². The first kappa shape index (κ1) is 57.1. The molecule has 2 aliphatic heterocycles. The molecule has 66 heavy (non-hydrogen) atoms. The van der Waals surface area contributed by atoms with Crippen molar-refractivity contribution in [2.75, 3.05) is 40.6 Å². The Hall–Kier alpha value is -3.27. The third-order valence-corrected chi connectivity index (χ3v) is 21.7. The lowest BCUT2D eigenvalue weighted by Gasteiger charge is -2.41. The Balaban J connectivity index is 0.000000350. The lowest BCUT2D eigenvalue weighted by atomic mass is 10.0. The van der Waals surface area contributed by atoms with E-state index in [1.807, 2.05) is 0 Å². The van der Waals surface area contributed by atoms with E-state index in [9.17, 15) is 39.0 Å². The number of aliphatic hydroxyl groups is 2. The summed E-state index contributed by atoms with van der Waals surface area (Å²) in [6, 6.07) is 0. The van der Waals surface area contributed by atoms with E-state index in [-0.39, 0.29) is 47.7 Å². The molecule has 4 heterocycles. The van der Waals surface area contributed by atoms with E-state index >= 15 is 0 Å². The number of aliphatic hydroxyl groups excluding tert-OH is 2. The number of aromatic amines is 2. The number of methoxy groups -OCH3 is 2. The average molecular weight is 973 g/mol. The molecule has 0 spiro atoms. The van der Waals surface area contributed by atoms with Gasteiger partial charge in [0.15, 0.2) is 29.1 Å². The summed E-state index contributed by atoms with van der Waals surface area (Å²) in [7, 11) is -1.67. The summed E-state index contributed by atoms with van der Waals surface area (Å²) in [6.45, 7) is 27.7. The molecule has 0 aliphatic carbocycles. The third-order valence-electron chi connectivity index (χ3n) is 12.7. The molecule has 10 atom stereocenters. The number of ketones is 2. The molecule has 0 saturated carbocycles. The highest BCUT2D eigenvalue weighted by Crippen LogP contribution is 2.44. The van der Waals surface area contributed by atoms with Crippen LogP contribution in [0.2, 0.25) is 36.3 Å². The van der Waals surface area contributed by atoms with Crippen molar-refractivity contribution in [3.05, 3.63) is 65.2 Å². The van der Waals surface area contributed by atoms with Crippen molar-refractivity contribution in [2.45, 2.75) is 180 Å². The standard InChI is InChI=1S/2C22H38N2O8Si/c2*1-13-12-24(21(28)23-19(13)27)20-18(30-10-9-29-6)17(32-33(7,8)22(3,4)5)16(31-20)15(26)11-14(2)25/h2*12,15-18,20,26H,9-11H2,1-8H3,(H,23,27,28)/t15-,16+,17?,18-,20+;15-,16-,17?,18+,20-/m01/s1. The van der Waals surface area contributed by atoms with Crippen molar-refractivity contribution in [3.8, 4) is 0 Å². The van der Waals surface area contributed by atoms with Crippen LogP contribution in [0.5, 0.6) is 0 Å². The van der Waals surface area contributed by atoms with Gasteiger partial charge in [0.05, 0.1) is 38.6 Å². The lowest BCUT2D eigenvalue weighted by Crippen LogP contribution is -2.52. The maximum atomic E-state index is 12.7. The zero-order chi connectivity index (χ0) is 50.3. The molecule has 2 saturated heterocycles. The molecule has 0 aromatic carbocycles. The van der Waals surface area contributed by atoms with Gasteiger partial charge in [0, 0.05) is 50.6 Å². The molecular formula is C44H76N4O16Si2. The van der Waals surface area contributed by atoms with Crippen LogP contribution in [0, 0.1) is 13.8 Å². The zero-order valence-corrected chi connectivity index (χ0v) is 43.7. The second-order valence-electron chi connectivity index (χ2n) is 20.2. The summed E-state index contributed by atoms with van der Waals surface area (Å²) in [5, 5.41) is 21.5. The van der Waals surface area contributed by atoms with Gasteiger partial charge in [-0.25, -0.2) is 9.59 Å². The second-order valence-corrected chi connectivity index (χ2v) is 29.7. The van der Waals surface area contributed by atoms with Gasteiger partial charge in [0.2, 0.25) is 0 Å². The number of carbonyl (C=O) groups is 2. The Kier molecular flexibility index (Phi) is 20.2. The van der Waals surface area contributed by atoms with E-state index in [2.05, 4.69) is 77.7 Å². The molecule has 22 heteroatoms. The fourth-order valence-electron chi connectivity index (χ4n) is 6.96. The Labute approximate surface area is 388 Å². The van der Waals surface area contributed by atoms with Crippen LogP contribution >= 0.6 is 0 Å². The van der Waals surface area contributed by atoms with Crippen LogP contribution < -0.4 is 22.5 Å². The summed E-state index contributed by atoms with van der Waals surface area (Å²) < 4.78 is 50.6. The highest BCUT2D eigenvalue weighted by molar-refractivity contribution is 6.74. The minimum Gasteiger partial charge on any atom is -0.408 e. The summed E-state index contributed by atoms with van der Waals surface area (Å²) in [4.78, 5) is 77.2. The Morgan fingerprint density at radius 1 is 0.636 bits per heavy atom. The summed E-state index contributed by atoms with van der Waals surface area (Å²) >= 11 is 0. The molecule has 2 unspecified atom stereocenters. The number of ether oxygens (including phenoxy) is 6. The molecular weight excluding hydrogens is 897 g/mol. The van der Waals surface area contributed by atoms with E-state index in [0.29, 0.717) is 24.3 Å². The van der Waals surface area contributed by atoms with Crippen molar-refractivity contribution in [1.82, 2.24) is 19.1 Å². The van der Waals surface area contributed by atoms with Crippen molar-refractivity contribution in [1.29, 1.82) is 0 Å². The molecule has 4 N–H and O–H groups in total. The van der Waals surface area contributed by atoms with E-state index < -0.39 is 100 Å². The number of aromatic nitrogens is 4. The first-order valence-corrected chi connectivity index (χ1v) is 28.1. The second kappa shape index (κ2) is 23.4. The summed E-state index contributed by atoms with van der Waals surface area (Å²) in [6.07, 6.45) is -6.63. The van der Waals surface area contributed by atoms with Crippen LogP contribution in [0.25, 0.3) is 0 Å². The van der Waals surface area contributed by atoms with Crippen LogP contribution in [-0.4, -0.2) is 147 Å². The fraction of sp³-hybridized carbons (Fsp3) is 0.773. The molecule has 0 amide bonds. The molecule has 2 aromatic rings. The minimum atomic E-state index is -2.38. The Morgan fingerprint density at radius 3 is 1.23 bits per heavy atom. The van der Waals surface area contributed by atoms with Gasteiger partial charge in [0.25, 0.3) is 11.1 Å². The van der Waals surface area contributed by atoms with Crippen LogP contribution in [0.4, 0.5) is 0 Å².